The maximum atomic E-state index is 7.23. The normalized spacial score (nSPS) is 6.00. The quantitative estimate of drug-likeness (QED) is 0.340. The van der Waals surface area contributed by atoms with Gasteiger partial charge in [0.05, 0.1) is 0 Å². The Morgan fingerprint density at radius 2 is 1.17 bits per heavy atom. The smallest absolute Gasteiger partial charge is 1.00 e. The zero-order valence-corrected chi connectivity index (χ0v) is 9.27. The monoisotopic (exact) mass is 188 g/mol. The minimum Gasteiger partial charge on any atom is -1.00 e. The second kappa shape index (κ2) is 10.2. The van der Waals surface area contributed by atoms with Gasteiger partial charge in [-0.15, -0.1) is 0 Å². The molecule has 0 aliphatic rings. The first-order chi connectivity index (χ1) is 1.73. The van der Waals surface area contributed by atoms with E-state index in [-0.39, 0.29) is 60.1 Å². The molecule has 0 radical (unpaired) electrons. The molecule has 0 aromatic heterocycles. The SMILES string of the molecule is OP(O)O.[Ca+2].[H-].[H-].[Zn]. The molecule has 0 amide bonds. The van der Waals surface area contributed by atoms with E-state index in [0.29, 0.717) is 0 Å². The van der Waals surface area contributed by atoms with Crippen LogP contribution in [0.1, 0.15) is 2.85 Å². The summed E-state index contributed by atoms with van der Waals surface area (Å²) in [6.45, 7) is 0. The van der Waals surface area contributed by atoms with Crippen molar-refractivity contribution >= 4 is 46.3 Å². The van der Waals surface area contributed by atoms with Crippen molar-refractivity contribution < 1.29 is 37.0 Å². The van der Waals surface area contributed by atoms with Crippen LogP contribution >= 0.6 is 8.60 Å². The zero-order chi connectivity index (χ0) is 3.58. The van der Waals surface area contributed by atoms with Gasteiger partial charge in [0.1, 0.15) is 0 Å². The van der Waals surface area contributed by atoms with Gasteiger partial charge in [-0.05, 0) is 0 Å². The van der Waals surface area contributed by atoms with Crippen molar-refractivity contribution in [1.29, 1.82) is 0 Å². The van der Waals surface area contributed by atoms with Crippen LogP contribution in [0.3, 0.4) is 0 Å². The molecule has 0 saturated carbocycles. The van der Waals surface area contributed by atoms with E-state index in [4.69, 9.17) is 14.7 Å². The van der Waals surface area contributed by atoms with E-state index in [1.807, 2.05) is 0 Å². The van der Waals surface area contributed by atoms with Crippen LogP contribution in [0.5, 0.6) is 0 Å². The fraction of sp³-hybridized carbons (Fsp3) is 0. The molecule has 0 atom stereocenters. The first kappa shape index (κ1) is 15.7. The number of rotatable bonds is 0. The van der Waals surface area contributed by atoms with E-state index >= 15 is 0 Å². The predicted molar refractivity (Wildman–Crippen MR) is 21.6 cm³/mol. The van der Waals surface area contributed by atoms with Gasteiger partial charge in [-0.25, -0.2) is 0 Å². The van der Waals surface area contributed by atoms with E-state index in [2.05, 4.69) is 0 Å². The summed E-state index contributed by atoms with van der Waals surface area (Å²) < 4.78 is 0. The Labute approximate surface area is 82.5 Å². The summed E-state index contributed by atoms with van der Waals surface area (Å²) in [4.78, 5) is 21.7. The molecule has 32 valence electrons. The molecule has 0 fully saturated rings. The third-order valence-electron chi connectivity index (χ3n) is 0. The fourth-order valence-corrected chi connectivity index (χ4v) is 0. The molecule has 0 aliphatic heterocycles. The number of hydrogen-bond donors (Lipinski definition) is 3. The summed E-state index contributed by atoms with van der Waals surface area (Å²) in [7, 11) is -2.62. The second-order valence-corrected chi connectivity index (χ2v) is 0.805. The van der Waals surface area contributed by atoms with Gasteiger partial charge in [0.2, 0.25) is 0 Å². The van der Waals surface area contributed by atoms with Gasteiger partial charge in [0.25, 0.3) is 0 Å². The van der Waals surface area contributed by atoms with E-state index in [9.17, 15) is 0 Å². The predicted octanol–water partition coefficient (Wildman–Crippen LogP) is -0.968. The van der Waals surface area contributed by atoms with Crippen LogP contribution in [0.4, 0.5) is 0 Å². The van der Waals surface area contributed by atoms with E-state index < -0.39 is 8.60 Å². The summed E-state index contributed by atoms with van der Waals surface area (Å²) in [5, 5.41) is 0. The first-order valence-corrected chi connectivity index (χ1v) is 1.80. The molecular formula is H5CaO3PZn. The van der Waals surface area contributed by atoms with Gasteiger partial charge in [-0.2, -0.15) is 0 Å². The molecule has 0 aromatic carbocycles. The molecule has 0 unspecified atom stereocenters. The Kier molecular flexibility index (Phi) is 26.8. The summed E-state index contributed by atoms with van der Waals surface area (Å²) in [5.41, 5.74) is 0. The summed E-state index contributed by atoms with van der Waals surface area (Å²) in [6.07, 6.45) is 0. The standard InChI is InChI=1S/Ca.H3O3P.Zn.2H/c;1-4(2)3;;;/h;1-3H;;;/q+2;;;2*-1. The van der Waals surface area contributed by atoms with Crippen molar-refractivity contribution in [1.82, 2.24) is 0 Å². The molecule has 6 heteroatoms. The molecule has 0 spiro atoms. The van der Waals surface area contributed by atoms with Crippen molar-refractivity contribution in [3.8, 4) is 0 Å². The molecule has 6 heavy (non-hydrogen) atoms. The summed E-state index contributed by atoms with van der Waals surface area (Å²) >= 11 is 0. The minimum absolute atomic E-state index is 0. The van der Waals surface area contributed by atoms with E-state index in [1.165, 1.54) is 0 Å². The van der Waals surface area contributed by atoms with Crippen molar-refractivity contribution in [2.24, 2.45) is 0 Å². The Balaban J connectivity index is -0.00000000750. The third-order valence-corrected chi connectivity index (χ3v) is 0. The molecule has 0 bridgehead atoms. The molecule has 3 nitrogen and oxygen atoms in total. The van der Waals surface area contributed by atoms with Crippen molar-refractivity contribution in [3.05, 3.63) is 0 Å². The van der Waals surface area contributed by atoms with Crippen molar-refractivity contribution in [2.45, 2.75) is 0 Å². The number of hydrogen-bond acceptors (Lipinski definition) is 3. The maximum absolute atomic E-state index is 7.23. The Morgan fingerprint density at radius 3 is 1.17 bits per heavy atom. The zero-order valence-electron chi connectivity index (χ0n) is 5.20. The average Bonchev–Trinajstić information content (AvgIpc) is 0.811. The van der Waals surface area contributed by atoms with Gasteiger partial charge >= 0.3 is 46.3 Å². The van der Waals surface area contributed by atoms with Crippen LogP contribution in [0, 0.1) is 0 Å². The maximum Gasteiger partial charge on any atom is 2.00 e. The van der Waals surface area contributed by atoms with Crippen LogP contribution in [0.25, 0.3) is 0 Å². The van der Waals surface area contributed by atoms with Crippen LogP contribution in [-0.4, -0.2) is 52.4 Å². The topological polar surface area (TPSA) is 60.7 Å². The average molecular weight is 189 g/mol. The molecule has 0 aliphatic carbocycles. The minimum atomic E-state index is -2.62. The molecule has 0 rings (SSSR count). The first-order valence-electron chi connectivity index (χ1n) is 0.600. The Bertz CT molecular complexity index is 22.0. The molecule has 0 saturated heterocycles. The molecule has 0 heterocycles. The van der Waals surface area contributed by atoms with Gasteiger partial charge in [0.15, 0.2) is 0 Å². The van der Waals surface area contributed by atoms with Gasteiger partial charge in [0, 0.05) is 19.5 Å². The van der Waals surface area contributed by atoms with Gasteiger partial charge in [-0.3, -0.25) is 0 Å². The van der Waals surface area contributed by atoms with E-state index in [0.717, 1.165) is 0 Å². The largest absolute Gasteiger partial charge is 2.00 e. The molecule has 3 N–H and O–H groups in total. The van der Waals surface area contributed by atoms with E-state index in [1.54, 1.807) is 0 Å². The molecule has 0 aromatic rings. The fourth-order valence-electron chi connectivity index (χ4n) is 0. The van der Waals surface area contributed by atoms with Crippen molar-refractivity contribution in [2.75, 3.05) is 0 Å². The third kappa shape index (κ3) is 34.7. The van der Waals surface area contributed by atoms with Crippen LogP contribution in [-0.2, 0) is 19.5 Å². The second-order valence-electron chi connectivity index (χ2n) is 0.268. The summed E-state index contributed by atoms with van der Waals surface area (Å²) in [6, 6.07) is 0. The van der Waals surface area contributed by atoms with Crippen molar-refractivity contribution in [3.63, 3.8) is 0 Å². The van der Waals surface area contributed by atoms with Crippen LogP contribution in [0.15, 0.2) is 0 Å². The Morgan fingerprint density at radius 1 is 1.17 bits per heavy atom. The molecular weight excluding hydrogens is 184 g/mol. The Hall–Kier alpha value is 2.19. The summed E-state index contributed by atoms with van der Waals surface area (Å²) in [5.74, 6) is 0. The van der Waals surface area contributed by atoms with Gasteiger partial charge in [-0.1, -0.05) is 0 Å². The van der Waals surface area contributed by atoms with Crippen LogP contribution in [0.2, 0.25) is 0 Å². The van der Waals surface area contributed by atoms with Crippen LogP contribution < -0.4 is 0 Å². The van der Waals surface area contributed by atoms with Gasteiger partial charge < -0.3 is 17.5 Å².